The SMILES string of the molecule is [2H]c1c[nH]c(-c2cccc(C(C)(C)c3cccc(-c4ccc(F)nc4F)n3)n2)n1. The van der Waals surface area contributed by atoms with Gasteiger partial charge >= 0.3 is 0 Å². The molecule has 4 aromatic rings. The molecular formula is C21H17F2N5. The van der Waals surface area contributed by atoms with E-state index in [1.165, 1.54) is 12.3 Å². The predicted octanol–water partition coefficient (Wildman–Crippen LogP) is 4.53. The molecule has 0 spiro atoms. The van der Waals surface area contributed by atoms with Crippen molar-refractivity contribution in [3.8, 4) is 22.8 Å². The van der Waals surface area contributed by atoms with E-state index in [1.54, 1.807) is 18.2 Å². The van der Waals surface area contributed by atoms with Gasteiger partial charge in [-0.1, -0.05) is 12.1 Å². The number of halogens is 2. The van der Waals surface area contributed by atoms with Crippen LogP contribution in [0, 0.1) is 11.9 Å². The quantitative estimate of drug-likeness (QED) is 0.530. The molecule has 0 aromatic carbocycles. The minimum absolute atomic E-state index is 0.129. The van der Waals surface area contributed by atoms with Gasteiger partial charge in [-0.3, -0.25) is 4.98 Å². The molecule has 0 atom stereocenters. The molecule has 4 rings (SSSR count). The number of imidazole rings is 1. The summed E-state index contributed by atoms with van der Waals surface area (Å²) >= 11 is 0. The summed E-state index contributed by atoms with van der Waals surface area (Å²) in [5.74, 6) is -1.28. The number of aromatic nitrogens is 5. The number of hydrogen-bond acceptors (Lipinski definition) is 4. The minimum Gasteiger partial charge on any atom is -0.343 e. The van der Waals surface area contributed by atoms with Crippen molar-refractivity contribution in [2.75, 3.05) is 0 Å². The van der Waals surface area contributed by atoms with Gasteiger partial charge in [-0.05, 0) is 50.2 Å². The number of nitrogens with zero attached hydrogens (tertiary/aromatic N) is 4. The van der Waals surface area contributed by atoms with Crippen LogP contribution in [0.2, 0.25) is 0 Å². The van der Waals surface area contributed by atoms with Crippen LogP contribution in [-0.4, -0.2) is 24.9 Å². The molecule has 0 bridgehead atoms. The van der Waals surface area contributed by atoms with Gasteiger partial charge in [0.15, 0.2) is 5.82 Å². The summed E-state index contributed by atoms with van der Waals surface area (Å²) in [6, 6.07) is 13.2. The molecule has 0 aliphatic carbocycles. The molecule has 5 nitrogen and oxygen atoms in total. The van der Waals surface area contributed by atoms with E-state index in [0.717, 1.165) is 11.8 Å². The lowest BCUT2D eigenvalue weighted by molar-refractivity contribution is 0.514. The highest BCUT2D eigenvalue weighted by Crippen LogP contribution is 2.31. The number of pyridine rings is 3. The molecule has 1 N–H and O–H groups in total. The number of rotatable bonds is 4. The van der Waals surface area contributed by atoms with Gasteiger partial charge < -0.3 is 4.98 Å². The molecule has 0 radical (unpaired) electrons. The topological polar surface area (TPSA) is 67.3 Å². The Morgan fingerprint density at radius 3 is 2.21 bits per heavy atom. The molecule has 7 heteroatoms. The summed E-state index contributed by atoms with van der Waals surface area (Å²) < 4.78 is 34.8. The summed E-state index contributed by atoms with van der Waals surface area (Å²) in [6.07, 6.45) is 1.63. The zero-order chi connectivity index (χ0) is 20.6. The first-order chi connectivity index (χ1) is 13.8. The summed E-state index contributed by atoms with van der Waals surface area (Å²) in [5, 5.41) is 0. The third-order valence-corrected chi connectivity index (χ3v) is 4.56. The first-order valence-corrected chi connectivity index (χ1v) is 8.64. The van der Waals surface area contributed by atoms with Gasteiger partial charge in [-0.15, -0.1) is 0 Å². The monoisotopic (exact) mass is 378 g/mol. The third-order valence-electron chi connectivity index (χ3n) is 4.56. The van der Waals surface area contributed by atoms with Crippen molar-refractivity contribution in [2.24, 2.45) is 0 Å². The van der Waals surface area contributed by atoms with E-state index >= 15 is 0 Å². The average molecular weight is 378 g/mol. The van der Waals surface area contributed by atoms with E-state index < -0.39 is 17.3 Å². The van der Waals surface area contributed by atoms with E-state index in [0.29, 0.717) is 22.9 Å². The Morgan fingerprint density at radius 2 is 1.57 bits per heavy atom. The molecule has 28 heavy (non-hydrogen) atoms. The van der Waals surface area contributed by atoms with Crippen molar-refractivity contribution in [1.82, 2.24) is 24.9 Å². The van der Waals surface area contributed by atoms with Crippen LogP contribution in [0.1, 0.15) is 26.6 Å². The lowest BCUT2D eigenvalue weighted by Gasteiger charge is -2.24. The summed E-state index contributed by atoms with van der Waals surface area (Å²) in [5.41, 5.74) is 1.90. The first kappa shape index (κ1) is 16.7. The minimum atomic E-state index is -0.906. The Kier molecular flexibility index (Phi) is 4.12. The maximum absolute atomic E-state index is 14.1. The van der Waals surface area contributed by atoms with Gasteiger partial charge in [0.25, 0.3) is 0 Å². The summed E-state index contributed by atoms with van der Waals surface area (Å²) in [6.45, 7) is 3.92. The standard InChI is InChI=1S/C21H17F2N5/c1-21(2,17-8-4-6-15(27-17)20-24-11-12-25-20)16-7-3-5-14(26-16)13-9-10-18(22)28-19(13)23/h3-12H,1-2H3,(H,24,25)/i11D. The highest BCUT2D eigenvalue weighted by molar-refractivity contribution is 5.59. The Labute approximate surface area is 162 Å². The van der Waals surface area contributed by atoms with Crippen molar-refractivity contribution in [1.29, 1.82) is 0 Å². The average Bonchev–Trinajstić information content (AvgIpc) is 3.14. The second kappa shape index (κ2) is 6.92. The Morgan fingerprint density at radius 1 is 0.893 bits per heavy atom. The smallest absolute Gasteiger partial charge is 0.224 e. The largest absolute Gasteiger partial charge is 0.343 e. The van der Waals surface area contributed by atoms with Crippen LogP contribution in [0.5, 0.6) is 0 Å². The van der Waals surface area contributed by atoms with Crippen LogP contribution >= 0.6 is 0 Å². The Bertz CT molecular complexity index is 1190. The zero-order valence-electron chi connectivity index (χ0n) is 16.2. The number of aromatic amines is 1. The van der Waals surface area contributed by atoms with E-state index in [1.807, 2.05) is 32.0 Å². The van der Waals surface area contributed by atoms with Crippen molar-refractivity contribution in [3.05, 3.63) is 84.2 Å². The van der Waals surface area contributed by atoms with Crippen molar-refractivity contribution in [2.45, 2.75) is 19.3 Å². The van der Waals surface area contributed by atoms with Crippen LogP contribution in [0.4, 0.5) is 8.78 Å². The predicted molar refractivity (Wildman–Crippen MR) is 101 cm³/mol. The van der Waals surface area contributed by atoms with Crippen LogP contribution in [0.3, 0.4) is 0 Å². The normalized spacial score (nSPS) is 12.1. The Hall–Kier alpha value is -3.48. The maximum Gasteiger partial charge on any atom is 0.224 e. The first-order valence-electron chi connectivity index (χ1n) is 9.14. The summed E-state index contributed by atoms with van der Waals surface area (Å²) in [7, 11) is 0. The number of hydrogen-bond donors (Lipinski definition) is 1. The van der Waals surface area contributed by atoms with Gasteiger partial charge in [-0.25, -0.2) is 9.97 Å². The van der Waals surface area contributed by atoms with E-state index in [9.17, 15) is 8.78 Å². The van der Waals surface area contributed by atoms with E-state index in [4.69, 9.17) is 1.37 Å². The lowest BCUT2D eigenvalue weighted by atomic mass is 9.84. The molecule has 0 aliphatic heterocycles. The summed E-state index contributed by atoms with van der Waals surface area (Å²) in [4.78, 5) is 19.5. The molecule has 4 aromatic heterocycles. The van der Waals surface area contributed by atoms with Crippen LogP contribution in [-0.2, 0) is 5.41 Å². The Balaban J connectivity index is 1.74. The number of H-pyrrole nitrogens is 1. The van der Waals surface area contributed by atoms with Gasteiger partial charge in [0, 0.05) is 17.8 Å². The second-order valence-corrected chi connectivity index (χ2v) is 6.79. The highest BCUT2D eigenvalue weighted by Gasteiger charge is 2.27. The van der Waals surface area contributed by atoms with Crippen molar-refractivity contribution in [3.63, 3.8) is 0 Å². The molecular weight excluding hydrogens is 360 g/mol. The molecule has 0 fully saturated rings. The van der Waals surface area contributed by atoms with Crippen molar-refractivity contribution >= 4 is 0 Å². The van der Waals surface area contributed by atoms with Crippen molar-refractivity contribution < 1.29 is 10.2 Å². The molecule has 0 saturated heterocycles. The maximum atomic E-state index is 14.1. The molecule has 0 aliphatic rings. The fourth-order valence-corrected chi connectivity index (χ4v) is 2.94. The molecule has 140 valence electrons. The fraction of sp³-hybridized carbons (Fsp3) is 0.143. The zero-order valence-corrected chi connectivity index (χ0v) is 15.2. The second-order valence-electron chi connectivity index (χ2n) is 6.79. The van der Waals surface area contributed by atoms with Gasteiger partial charge in [0.2, 0.25) is 11.9 Å². The third kappa shape index (κ3) is 3.26. The number of nitrogens with one attached hydrogen (secondary N) is 1. The van der Waals surface area contributed by atoms with Crippen LogP contribution in [0.25, 0.3) is 22.8 Å². The van der Waals surface area contributed by atoms with Gasteiger partial charge in [0.05, 0.1) is 24.0 Å². The molecule has 4 heterocycles. The van der Waals surface area contributed by atoms with Gasteiger partial charge in [-0.2, -0.15) is 13.8 Å². The van der Waals surface area contributed by atoms with E-state index in [2.05, 4.69) is 24.9 Å². The van der Waals surface area contributed by atoms with E-state index in [-0.39, 0.29) is 11.7 Å². The molecule has 0 amide bonds. The van der Waals surface area contributed by atoms with Gasteiger partial charge in [0.1, 0.15) is 5.69 Å². The molecule has 0 unspecified atom stereocenters. The molecule has 0 saturated carbocycles. The lowest BCUT2D eigenvalue weighted by Crippen LogP contribution is -2.22. The van der Waals surface area contributed by atoms with Crippen LogP contribution in [0.15, 0.2) is 60.9 Å². The van der Waals surface area contributed by atoms with Crippen LogP contribution < -0.4 is 0 Å². The fourth-order valence-electron chi connectivity index (χ4n) is 2.94. The highest BCUT2D eigenvalue weighted by atomic mass is 19.1.